The molecule has 2 rings (SSSR count). The van der Waals surface area contributed by atoms with Gasteiger partial charge in [0.05, 0.1) is 12.3 Å². The zero-order chi connectivity index (χ0) is 11.6. The minimum Gasteiger partial charge on any atom is -0.355 e. The monoisotopic (exact) mass is 374 g/mol. The summed E-state index contributed by atoms with van der Waals surface area (Å²) in [7, 11) is -2.96. The van der Waals surface area contributed by atoms with Crippen LogP contribution >= 0.6 is 24.0 Å². The summed E-state index contributed by atoms with van der Waals surface area (Å²) in [6.07, 6.45) is 0.749. The van der Waals surface area contributed by atoms with Crippen molar-refractivity contribution >= 4 is 40.0 Å². The van der Waals surface area contributed by atoms with Crippen molar-refractivity contribution in [2.24, 2.45) is 4.99 Å². The molecule has 8 heteroatoms. The van der Waals surface area contributed by atoms with Gasteiger partial charge in [-0.1, -0.05) is 0 Å². The second-order valence-electron chi connectivity index (χ2n) is 4.23. The number of hydrogen-bond acceptors (Lipinski definition) is 5. The average molecular weight is 374 g/mol. The Bertz CT molecular complexity index is 384. The van der Waals surface area contributed by atoms with E-state index in [4.69, 9.17) is 0 Å². The van der Waals surface area contributed by atoms with E-state index >= 15 is 0 Å². The summed E-state index contributed by atoms with van der Waals surface area (Å²) in [5, 5.41) is 6.28. The highest BCUT2D eigenvalue weighted by atomic mass is 127. The maximum absolute atomic E-state index is 11.5. The van der Waals surface area contributed by atoms with Gasteiger partial charge in [0.25, 0.3) is 0 Å². The Labute approximate surface area is 119 Å². The van der Waals surface area contributed by atoms with E-state index in [0.29, 0.717) is 31.4 Å². The molecule has 0 aromatic rings. The summed E-state index contributed by atoms with van der Waals surface area (Å²) in [6, 6.07) is 0.373. The average Bonchev–Trinajstić information content (AvgIpc) is 2.74. The molecule has 0 radical (unpaired) electrons. The van der Waals surface area contributed by atoms with Crippen LogP contribution < -0.4 is 10.6 Å². The van der Waals surface area contributed by atoms with Gasteiger partial charge in [-0.25, -0.2) is 12.7 Å². The fourth-order valence-corrected chi connectivity index (χ4v) is 3.43. The van der Waals surface area contributed by atoms with E-state index < -0.39 is 10.0 Å². The zero-order valence-corrected chi connectivity index (χ0v) is 13.0. The van der Waals surface area contributed by atoms with Crippen LogP contribution in [0.2, 0.25) is 0 Å². The van der Waals surface area contributed by atoms with Crippen LogP contribution in [0.15, 0.2) is 4.99 Å². The molecule has 1 atom stereocenters. The van der Waals surface area contributed by atoms with Crippen molar-refractivity contribution in [2.45, 2.75) is 19.4 Å². The summed E-state index contributed by atoms with van der Waals surface area (Å²) in [4.78, 5) is 4.24. The molecular formula is C9H19IN4O2S. The predicted molar refractivity (Wildman–Crippen MR) is 78.3 cm³/mol. The highest BCUT2D eigenvalue weighted by Crippen LogP contribution is 2.11. The van der Waals surface area contributed by atoms with Crippen molar-refractivity contribution < 1.29 is 8.42 Å². The quantitative estimate of drug-likeness (QED) is 0.658. The van der Waals surface area contributed by atoms with Crippen LogP contribution in [0.3, 0.4) is 0 Å². The van der Waals surface area contributed by atoms with E-state index in [-0.39, 0.29) is 24.0 Å². The summed E-state index contributed by atoms with van der Waals surface area (Å²) >= 11 is 0. The van der Waals surface area contributed by atoms with E-state index in [1.54, 1.807) is 4.31 Å². The summed E-state index contributed by atoms with van der Waals surface area (Å²) in [5.41, 5.74) is 0. The number of rotatable bonds is 3. The summed E-state index contributed by atoms with van der Waals surface area (Å²) in [6.45, 7) is 4.63. The molecule has 0 saturated carbocycles. The standard InChI is InChI=1S/C9H18N4O2S.HI/c1-8-7-11-9(12-8)10-3-5-13-4-2-6-16(13,14)15;/h8H,2-7H2,1H3,(H2,10,11,12);1H. The lowest BCUT2D eigenvalue weighted by Crippen LogP contribution is -2.41. The van der Waals surface area contributed by atoms with Crippen molar-refractivity contribution in [1.82, 2.24) is 14.9 Å². The van der Waals surface area contributed by atoms with E-state index in [0.717, 1.165) is 18.9 Å². The Hall–Kier alpha value is -0.0900. The van der Waals surface area contributed by atoms with Crippen LogP contribution in [0, 0.1) is 0 Å². The minimum absolute atomic E-state index is 0. The molecule has 0 amide bonds. The molecule has 2 aliphatic heterocycles. The van der Waals surface area contributed by atoms with E-state index in [9.17, 15) is 8.42 Å². The van der Waals surface area contributed by atoms with Gasteiger partial charge >= 0.3 is 0 Å². The lowest BCUT2D eigenvalue weighted by Gasteiger charge is -2.15. The van der Waals surface area contributed by atoms with Crippen LogP contribution in [0.4, 0.5) is 0 Å². The van der Waals surface area contributed by atoms with E-state index in [2.05, 4.69) is 22.5 Å². The first-order valence-corrected chi connectivity index (χ1v) is 7.21. The number of nitrogens with zero attached hydrogens (tertiary/aromatic N) is 2. The number of nitrogens with one attached hydrogen (secondary N) is 2. The second kappa shape index (κ2) is 6.19. The Morgan fingerprint density at radius 2 is 2.35 bits per heavy atom. The molecule has 0 aliphatic carbocycles. The molecule has 1 saturated heterocycles. The van der Waals surface area contributed by atoms with Gasteiger partial charge in [0, 0.05) is 25.7 Å². The number of aliphatic imine (C=N–C) groups is 1. The molecule has 1 unspecified atom stereocenters. The maximum Gasteiger partial charge on any atom is 0.214 e. The number of sulfonamides is 1. The third-order valence-electron chi connectivity index (χ3n) is 2.76. The molecule has 17 heavy (non-hydrogen) atoms. The van der Waals surface area contributed by atoms with Crippen molar-refractivity contribution in [3.05, 3.63) is 0 Å². The van der Waals surface area contributed by atoms with Crippen LogP contribution in [0.1, 0.15) is 13.3 Å². The summed E-state index contributed by atoms with van der Waals surface area (Å²) < 4.78 is 24.5. The lowest BCUT2D eigenvalue weighted by atomic mass is 10.4. The molecule has 2 N–H and O–H groups in total. The normalized spacial score (nSPS) is 27.1. The Balaban J connectivity index is 0.00000144. The first kappa shape index (κ1) is 15.0. The van der Waals surface area contributed by atoms with Crippen LogP contribution in [0.5, 0.6) is 0 Å². The Kier molecular flexibility index (Phi) is 5.45. The summed E-state index contributed by atoms with van der Waals surface area (Å²) in [5.74, 6) is 1.08. The van der Waals surface area contributed by atoms with Gasteiger partial charge in [-0.05, 0) is 13.3 Å². The smallest absolute Gasteiger partial charge is 0.214 e. The third-order valence-corrected chi connectivity index (χ3v) is 4.72. The van der Waals surface area contributed by atoms with Gasteiger partial charge < -0.3 is 10.6 Å². The van der Waals surface area contributed by atoms with Gasteiger partial charge in [0.2, 0.25) is 10.0 Å². The topological polar surface area (TPSA) is 73.8 Å². The highest BCUT2D eigenvalue weighted by Gasteiger charge is 2.27. The predicted octanol–water partition coefficient (Wildman–Crippen LogP) is -0.423. The number of halogens is 1. The molecule has 0 aromatic carbocycles. The van der Waals surface area contributed by atoms with Crippen LogP contribution in [-0.2, 0) is 10.0 Å². The first-order chi connectivity index (χ1) is 7.58. The number of hydrogen-bond donors (Lipinski definition) is 2. The fourth-order valence-electron chi connectivity index (χ4n) is 1.90. The second-order valence-corrected chi connectivity index (χ2v) is 6.32. The first-order valence-electron chi connectivity index (χ1n) is 5.60. The molecule has 2 heterocycles. The van der Waals surface area contributed by atoms with Gasteiger partial charge in [-0.15, -0.1) is 24.0 Å². The van der Waals surface area contributed by atoms with Crippen molar-refractivity contribution in [3.63, 3.8) is 0 Å². The lowest BCUT2D eigenvalue weighted by molar-refractivity contribution is 0.445. The molecule has 0 aromatic heterocycles. The highest BCUT2D eigenvalue weighted by molar-refractivity contribution is 14.0. The molecule has 100 valence electrons. The van der Waals surface area contributed by atoms with Gasteiger partial charge in [0.15, 0.2) is 5.96 Å². The minimum atomic E-state index is -2.96. The largest absolute Gasteiger partial charge is 0.355 e. The Morgan fingerprint density at radius 3 is 2.88 bits per heavy atom. The molecule has 0 bridgehead atoms. The van der Waals surface area contributed by atoms with Crippen LogP contribution in [0.25, 0.3) is 0 Å². The van der Waals surface area contributed by atoms with Crippen molar-refractivity contribution in [2.75, 3.05) is 31.9 Å². The maximum atomic E-state index is 11.5. The Morgan fingerprint density at radius 1 is 1.59 bits per heavy atom. The molecule has 2 aliphatic rings. The van der Waals surface area contributed by atoms with Gasteiger partial charge in [0.1, 0.15) is 0 Å². The number of guanidine groups is 1. The van der Waals surface area contributed by atoms with Crippen molar-refractivity contribution in [1.29, 1.82) is 0 Å². The van der Waals surface area contributed by atoms with Gasteiger partial charge in [-0.3, -0.25) is 4.99 Å². The van der Waals surface area contributed by atoms with E-state index in [1.165, 1.54) is 0 Å². The molecular weight excluding hydrogens is 355 g/mol. The van der Waals surface area contributed by atoms with Crippen molar-refractivity contribution in [3.8, 4) is 0 Å². The SMILES string of the molecule is CC1CN=C(NCCN2CCCS2(=O)=O)N1.I. The van der Waals surface area contributed by atoms with Gasteiger partial charge in [-0.2, -0.15) is 0 Å². The van der Waals surface area contributed by atoms with E-state index in [1.807, 2.05) is 0 Å². The molecule has 0 spiro atoms. The zero-order valence-electron chi connectivity index (χ0n) is 9.85. The van der Waals surface area contributed by atoms with Crippen LogP contribution in [-0.4, -0.2) is 56.7 Å². The third kappa shape index (κ3) is 3.95. The molecule has 1 fully saturated rings. The fraction of sp³-hybridized carbons (Fsp3) is 0.889. The molecule has 6 nitrogen and oxygen atoms in total.